The van der Waals surface area contributed by atoms with Crippen molar-refractivity contribution in [1.82, 2.24) is 0 Å². The lowest BCUT2D eigenvalue weighted by Crippen LogP contribution is -2.36. The zero-order valence-electron chi connectivity index (χ0n) is 13.6. The van der Waals surface area contributed by atoms with Crippen LogP contribution < -0.4 is 4.74 Å². The normalized spacial score (nSPS) is 21.0. The number of hydrogen-bond acceptors (Lipinski definition) is 4. The molecule has 2 rings (SSSR count). The van der Waals surface area contributed by atoms with Crippen LogP contribution >= 0.6 is 0 Å². The van der Waals surface area contributed by atoms with Crippen molar-refractivity contribution in [3.63, 3.8) is 0 Å². The second-order valence-electron chi connectivity index (χ2n) is 6.37. The Bertz CT molecular complexity index is 556. The van der Waals surface area contributed by atoms with Gasteiger partial charge in [0.2, 0.25) is 0 Å². The minimum absolute atomic E-state index is 0.0997. The first kappa shape index (κ1) is 17.4. The van der Waals surface area contributed by atoms with Gasteiger partial charge in [0, 0.05) is 0 Å². The molecule has 2 atom stereocenters. The van der Waals surface area contributed by atoms with Crippen LogP contribution in [0.15, 0.2) is 24.3 Å². The third-order valence-corrected chi connectivity index (χ3v) is 3.98. The van der Waals surface area contributed by atoms with Gasteiger partial charge in [0.15, 0.2) is 11.6 Å². The quantitative estimate of drug-likeness (QED) is 0.612. The van der Waals surface area contributed by atoms with E-state index in [9.17, 15) is 14.0 Å². The Morgan fingerprint density at radius 2 is 1.74 bits per heavy atom. The Balaban J connectivity index is 2.04. The molecule has 1 aliphatic rings. The summed E-state index contributed by atoms with van der Waals surface area (Å²) in [5.41, 5.74) is 0. The Morgan fingerprint density at radius 3 is 2.35 bits per heavy atom. The monoisotopic (exact) mass is 322 g/mol. The molecule has 1 saturated carbocycles. The molecule has 1 aromatic carbocycles. The van der Waals surface area contributed by atoms with Gasteiger partial charge >= 0.3 is 11.9 Å². The van der Waals surface area contributed by atoms with Crippen molar-refractivity contribution in [3.05, 3.63) is 30.1 Å². The van der Waals surface area contributed by atoms with Gasteiger partial charge in [0.25, 0.3) is 0 Å². The minimum Gasteiger partial charge on any atom is -0.465 e. The molecule has 5 heteroatoms. The molecule has 1 aromatic rings. The third kappa shape index (κ3) is 4.78. The van der Waals surface area contributed by atoms with Crippen LogP contribution in [0.1, 0.15) is 39.5 Å². The lowest BCUT2D eigenvalue weighted by Gasteiger charge is -2.28. The van der Waals surface area contributed by atoms with E-state index < -0.39 is 23.6 Å². The van der Waals surface area contributed by atoms with Crippen molar-refractivity contribution in [1.29, 1.82) is 0 Å². The number of esters is 2. The van der Waals surface area contributed by atoms with Crippen LogP contribution in [0.2, 0.25) is 0 Å². The van der Waals surface area contributed by atoms with Crippen LogP contribution in [0.4, 0.5) is 4.39 Å². The van der Waals surface area contributed by atoms with E-state index >= 15 is 0 Å². The lowest BCUT2D eigenvalue weighted by molar-refractivity contribution is -0.159. The topological polar surface area (TPSA) is 52.6 Å². The summed E-state index contributed by atoms with van der Waals surface area (Å²) in [6.07, 6.45) is 2.90. The molecule has 0 bridgehead atoms. The Kier molecular flexibility index (Phi) is 6.13. The van der Waals surface area contributed by atoms with E-state index in [4.69, 9.17) is 9.47 Å². The van der Waals surface area contributed by atoms with Gasteiger partial charge in [-0.1, -0.05) is 38.8 Å². The van der Waals surface area contributed by atoms with Crippen molar-refractivity contribution in [2.75, 3.05) is 6.61 Å². The molecule has 23 heavy (non-hydrogen) atoms. The fraction of sp³-hybridized carbons (Fsp3) is 0.556. The highest BCUT2D eigenvalue weighted by molar-refractivity contribution is 5.83. The molecule has 126 valence electrons. The van der Waals surface area contributed by atoms with Crippen LogP contribution in [-0.2, 0) is 14.3 Å². The van der Waals surface area contributed by atoms with Crippen molar-refractivity contribution in [2.45, 2.75) is 39.5 Å². The van der Waals surface area contributed by atoms with Crippen LogP contribution in [0.25, 0.3) is 0 Å². The summed E-state index contributed by atoms with van der Waals surface area (Å²) in [6, 6.07) is 5.76. The standard InChI is InChI=1S/C18H23FO4/c1-12(2)11-22-17(20)13-7-3-4-8-14(13)18(21)23-16-10-6-5-9-15(16)19/h5-6,9-10,12-14H,3-4,7-8,11H2,1-2H3. The van der Waals surface area contributed by atoms with Crippen molar-refractivity contribution in [2.24, 2.45) is 17.8 Å². The molecule has 0 radical (unpaired) electrons. The van der Waals surface area contributed by atoms with Gasteiger partial charge in [0.05, 0.1) is 18.4 Å². The van der Waals surface area contributed by atoms with Crippen LogP contribution in [0, 0.1) is 23.6 Å². The van der Waals surface area contributed by atoms with Crippen molar-refractivity contribution < 1.29 is 23.5 Å². The smallest absolute Gasteiger partial charge is 0.315 e. The first-order valence-corrected chi connectivity index (χ1v) is 8.12. The zero-order valence-corrected chi connectivity index (χ0v) is 13.6. The van der Waals surface area contributed by atoms with Gasteiger partial charge in [-0.25, -0.2) is 4.39 Å². The number of benzene rings is 1. The molecular formula is C18H23FO4. The number of ether oxygens (including phenoxy) is 2. The van der Waals surface area contributed by atoms with Gasteiger partial charge in [-0.15, -0.1) is 0 Å². The largest absolute Gasteiger partial charge is 0.465 e. The molecule has 2 unspecified atom stereocenters. The fourth-order valence-electron chi connectivity index (χ4n) is 2.76. The average molecular weight is 322 g/mol. The molecule has 0 heterocycles. The Morgan fingerprint density at radius 1 is 1.13 bits per heavy atom. The number of halogens is 1. The molecule has 0 aliphatic heterocycles. The number of para-hydroxylation sites is 1. The van der Waals surface area contributed by atoms with Crippen molar-refractivity contribution >= 4 is 11.9 Å². The number of rotatable bonds is 5. The zero-order chi connectivity index (χ0) is 16.8. The van der Waals surface area contributed by atoms with Gasteiger partial charge in [-0.2, -0.15) is 0 Å². The summed E-state index contributed by atoms with van der Waals surface area (Å²) in [7, 11) is 0. The number of carbonyl (C=O) groups is 2. The van der Waals surface area contributed by atoms with E-state index in [-0.39, 0.29) is 17.6 Å². The predicted molar refractivity (Wildman–Crippen MR) is 83.3 cm³/mol. The molecule has 0 spiro atoms. The molecule has 0 amide bonds. The van der Waals surface area contributed by atoms with Gasteiger partial charge in [0.1, 0.15) is 0 Å². The van der Waals surface area contributed by atoms with Gasteiger partial charge in [-0.3, -0.25) is 9.59 Å². The highest BCUT2D eigenvalue weighted by Crippen LogP contribution is 2.33. The molecular weight excluding hydrogens is 299 g/mol. The third-order valence-electron chi connectivity index (χ3n) is 3.98. The molecule has 1 aliphatic carbocycles. The average Bonchev–Trinajstić information content (AvgIpc) is 2.54. The van der Waals surface area contributed by atoms with E-state index in [0.717, 1.165) is 12.8 Å². The van der Waals surface area contributed by atoms with E-state index in [1.165, 1.54) is 18.2 Å². The van der Waals surface area contributed by atoms with Gasteiger partial charge < -0.3 is 9.47 Å². The first-order valence-electron chi connectivity index (χ1n) is 8.12. The summed E-state index contributed by atoms with van der Waals surface area (Å²) in [5, 5.41) is 0. The molecule has 1 fully saturated rings. The first-order chi connectivity index (χ1) is 11.0. The second kappa shape index (κ2) is 8.09. The minimum atomic E-state index is -0.587. The van der Waals surface area contributed by atoms with Crippen LogP contribution in [-0.4, -0.2) is 18.5 Å². The summed E-state index contributed by atoms with van der Waals surface area (Å²) < 4.78 is 24.1. The molecule has 0 N–H and O–H groups in total. The van der Waals surface area contributed by atoms with E-state index in [2.05, 4.69) is 0 Å². The predicted octanol–water partition coefficient (Wildman–Crippen LogP) is 3.74. The maximum absolute atomic E-state index is 13.6. The summed E-state index contributed by atoms with van der Waals surface area (Å²) in [5.74, 6) is -2.42. The molecule has 4 nitrogen and oxygen atoms in total. The maximum atomic E-state index is 13.6. The fourth-order valence-corrected chi connectivity index (χ4v) is 2.76. The molecule has 0 aromatic heterocycles. The van der Waals surface area contributed by atoms with Crippen molar-refractivity contribution in [3.8, 4) is 5.75 Å². The maximum Gasteiger partial charge on any atom is 0.315 e. The summed E-state index contributed by atoms with van der Waals surface area (Å²) >= 11 is 0. The van der Waals surface area contributed by atoms with Crippen LogP contribution in [0.3, 0.4) is 0 Å². The highest BCUT2D eigenvalue weighted by Gasteiger charge is 2.38. The Hall–Kier alpha value is -1.91. The number of carbonyl (C=O) groups excluding carboxylic acids is 2. The van der Waals surface area contributed by atoms with E-state index in [1.807, 2.05) is 13.8 Å². The second-order valence-corrected chi connectivity index (χ2v) is 6.37. The van der Waals surface area contributed by atoms with Gasteiger partial charge in [-0.05, 0) is 30.9 Å². The summed E-state index contributed by atoms with van der Waals surface area (Å²) in [4.78, 5) is 24.6. The molecule has 0 saturated heterocycles. The SMILES string of the molecule is CC(C)COC(=O)C1CCCCC1C(=O)Oc1ccccc1F. The summed E-state index contributed by atoms with van der Waals surface area (Å²) in [6.45, 7) is 4.25. The highest BCUT2D eigenvalue weighted by atomic mass is 19.1. The Labute approximate surface area is 136 Å². The van der Waals surface area contributed by atoms with Crippen LogP contribution in [0.5, 0.6) is 5.75 Å². The van der Waals surface area contributed by atoms with E-state index in [0.29, 0.717) is 19.4 Å². The van der Waals surface area contributed by atoms with E-state index in [1.54, 1.807) is 6.07 Å². The number of hydrogen-bond donors (Lipinski definition) is 0. The lowest BCUT2D eigenvalue weighted by atomic mass is 9.79.